The monoisotopic (exact) mass is 746 g/mol. The van der Waals surface area contributed by atoms with Crippen molar-refractivity contribution in [2.24, 2.45) is 0 Å². The van der Waals surface area contributed by atoms with Gasteiger partial charge in [0.1, 0.15) is 41.8 Å². The smallest absolute Gasteiger partial charge is 0.202 e. The van der Waals surface area contributed by atoms with E-state index in [4.69, 9.17) is 71.1 Å². The summed E-state index contributed by atoms with van der Waals surface area (Å²) in [4.78, 5) is 14.2. The summed E-state index contributed by atoms with van der Waals surface area (Å²) in [5.74, 6) is 1.88. The van der Waals surface area contributed by atoms with Gasteiger partial charge in [0.15, 0.2) is 63.1 Å². The van der Waals surface area contributed by atoms with Crippen molar-refractivity contribution >= 4 is 5.78 Å². The quantitative estimate of drug-likeness (QED) is 0.0534. The van der Waals surface area contributed by atoms with E-state index >= 15 is 0 Å². The molecule has 0 aliphatic carbocycles. The minimum atomic E-state index is -0.894. The van der Waals surface area contributed by atoms with Crippen molar-refractivity contribution in [3.05, 3.63) is 64.7 Å². The first-order chi connectivity index (χ1) is 25.9. The van der Waals surface area contributed by atoms with Crippen LogP contribution in [0.1, 0.15) is 45.2 Å². The first-order valence-corrected chi connectivity index (χ1v) is 16.5. The molecule has 0 aromatic heterocycles. The number of rotatable bonds is 24. The number of hydrogen-bond donors (Lipinski definition) is 0. The molecule has 0 saturated carbocycles. The molecule has 2 aliphatic heterocycles. The molecule has 0 unspecified atom stereocenters. The van der Waals surface area contributed by atoms with E-state index in [1.807, 2.05) is 18.2 Å². The van der Waals surface area contributed by atoms with Gasteiger partial charge in [-0.1, -0.05) is 6.07 Å². The van der Waals surface area contributed by atoms with Crippen LogP contribution in [0, 0.1) is 0 Å². The van der Waals surface area contributed by atoms with E-state index in [1.54, 1.807) is 38.5 Å². The van der Waals surface area contributed by atoms with E-state index in [0.717, 1.165) is 11.1 Å². The Morgan fingerprint density at radius 2 is 1.15 bits per heavy atom. The summed E-state index contributed by atoms with van der Waals surface area (Å²) >= 11 is 0. The van der Waals surface area contributed by atoms with Gasteiger partial charge in [-0.25, -0.2) is 0 Å². The van der Waals surface area contributed by atoms with Crippen LogP contribution in [0.5, 0.6) is 40.2 Å². The van der Waals surface area contributed by atoms with Crippen LogP contribution in [-0.2, 0) is 37.9 Å². The van der Waals surface area contributed by atoms with Crippen LogP contribution in [0.3, 0.4) is 0 Å². The molecule has 2 heterocycles. The van der Waals surface area contributed by atoms with E-state index in [1.165, 1.54) is 35.5 Å². The molecule has 0 radical (unpaired) electrons. The Kier molecular flexibility index (Phi) is 14.7. The maximum atomic E-state index is 14.2. The Morgan fingerprint density at radius 3 is 1.75 bits per heavy atom. The summed E-state index contributed by atoms with van der Waals surface area (Å²) in [6.45, 7) is -0.0165. The molecule has 0 bridgehead atoms. The molecule has 3 aromatic rings. The molecule has 16 nitrogen and oxygen atoms in total. The second kappa shape index (κ2) is 19.6. The number of epoxide rings is 1. The van der Waals surface area contributed by atoms with Crippen molar-refractivity contribution in [3.8, 4) is 40.2 Å². The first kappa shape index (κ1) is 39.8. The average molecular weight is 747 g/mol. The highest BCUT2D eigenvalue weighted by atomic mass is 16.7. The van der Waals surface area contributed by atoms with Crippen molar-refractivity contribution in [1.29, 1.82) is 0 Å². The standard InChI is InChI=1S/C37H46O16/c1-39-16-46-15-26-25-10-23(12-31(51-21-44-6)36(25)52-34(26)22-8-9-27(48-18-41-3)28(11-22)45-7)35-37(53-35)33(38)32-29(49-19-42-4)13-24(47-17-40-2)14-30(32)50-20-43-5/h8-14,26,34-35,37H,15-21H2,1-7H3/t26-,34+,35-,37+/m1/s1. The molecule has 1 saturated heterocycles. The van der Waals surface area contributed by atoms with Gasteiger partial charge in [-0.05, 0) is 35.4 Å². The van der Waals surface area contributed by atoms with Gasteiger partial charge in [0, 0.05) is 60.4 Å². The average Bonchev–Trinajstić information content (AvgIpc) is 3.90. The molecule has 3 aromatic carbocycles. The van der Waals surface area contributed by atoms with Crippen LogP contribution < -0.4 is 33.2 Å². The molecule has 1 fully saturated rings. The molecule has 290 valence electrons. The summed E-state index contributed by atoms with van der Waals surface area (Å²) in [5, 5.41) is 0. The van der Waals surface area contributed by atoms with E-state index in [2.05, 4.69) is 0 Å². The lowest BCUT2D eigenvalue weighted by Gasteiger charge is -2.21. The largest absolute Gasteiger partial charge is 0.493 e. The van der Waals surface area contributed by atoms with E-state index < -0.39 is 18.3 Å². The predicted octanol–water partition coefficient (Wildman–Crippen LogP) is 4.77. The summed E-state index contributed by atoms with van der Waals surface area (Å²) in [7, 11) is 10.6. The van der Waals surface area contributed by atoms with Gasteiger partial charge in [-0.2, -0.15) is 0 Å². The summed E-state index contributed by atoms with van der Waals surface area (Å²) < 4.78 is 84.0. The minimum Gasteiger partial charge on any atom is -0.493 e. The lowest BCUT2D eigenvalue weighted by atomic mass is 9.89. The van der Waals surface area contributed by atoms with Gasteiger partial charge < -0.3 is 71.1 Å². The number of carbonyl (C=O) groups is 1. The molecular weight excluding hydrogens is 700 g/mol. The van der Waals surface area contributed by atoms with Crippen LogP contribution >= 0.6 is 0 Å². The van der Waals surface area contributed by atoms with Gasteiger partial charge in [0.2, 0.25) is 5.78 Å². The van der Waals surface area contributed by atoms with Crippen molar-refractivity contribution in [1.82, 2.24) is 0 Å². The predicted molar refractivity (Wildman–Crippen MR) is 184 cm³/mol. The number of ether oxygens (including phenoxy) is 15. The Morgan fingerprint density at radius 1 is 0.585 bits per heavy atom. The highest BCUT2D eigenvalue weighted by molar-refractivity contribution is 6.06. The topological polar surface area (TPSA) is 159 Å². The van der Waals surface area contributed by atoms with Crippen molar-refractivity contribution in [2.75, 3.05) is 97.1 Å². The molecule has 4 atom stereocenters. The number of fused-ring (bicyclic) bond motifs is 1. The fraction of sp³-hybridized carbons (Fsp3) is 0.486. The lowest BCUT2D eigenvalue weighted by Crippen LogP contribution is -2.16. The summed E-state index contributed by atoms with van der Waals surface area (Å²) in [6.07, 6.45) is -2.07. The Bertz CT molecular complexity index is 1620. The second-order valence-corrected chi connectivity index (χ2v) is 11.7. The fourth-order valence-electron chi connectivity index (χ4n) is 5.85. The Hall–Kier alpha value is -4.39. The van der Waals surface area contributed by atoms with Gasteiger partial charge in [-0.15, -0.1) is 0 Å². The zero-order valence-electron chi connectivity index (χ0n) is 30.8. The molecule has 0 amide bonds. The van der Waals surface area contributed by atoms with Crippen LogP contribution in [0.25, 0.3) is 0 Å². The normalized spacial score (nSPS) is 18.5. The molecule has 2 aliphatic rings. The highest BCUT2D eigenvalue weighted by Crippen LogP contribution is 2.54. The van der Waals surface area contributed by atoms with Crippen LogP contribution in [0.15, 0.2) is 42.5 Å². The number of carbonyl (C=O) groups excluding carboxylic acids is 1. The fourth-order valence-corrected chi connectivity index (χ4v) is 5.85. The van der Waals surface area contributed by atoms with E-state index in [0.29, 0.717) is 34.3 Å². The molecule has 0 N–H and O–H groups in total. The first-order valence-electron chi connectivity index (χ1n) is 16.5. The highest BCUT2D eigenvalue weighted by Gasteiger charge is 2.50. The zero-order valence-corrected chi connectivity index (χ0v) is 30.8. The second-order valence-electron chi connectivity index (χ2n) is 11.7. The third-order valence-electron chi connectivity index (χ3n) is 8.17. The third kappa shape index (κ3) is 9.59. The van der Waals surface area contributed by atoms with E-state index in [9.17, 15) is 4.79 Å². The Labute approximate surface area is 307 Å². The molecule has 16 heteroatoms. The number of ketones is 1. The summed E-state index contributed by atoms with van der Waals surface area (Å²) in [6, 6.07) is 12.4. The van der Waals surface area contributed by atoms with Crippen molar-refractivity contribution in [2.45, 2.75) is 24.2 Å². The van der Waals surface area contributed by atoms with E-state index in [-0.39, 0.29) is 76.1 Å². The minimum absolute atomic E-state index is 0.0376. The maximum absolute atomic E-state index is 14.2. The van der Waals surface area contributed by atoms with Gasteiger partial charge >= 0.3 is 0 Å². The SMILES string of the molecule is COCOC[C@@H]1c2cc([C@H]3O[C@H]3C(=O)c3c(OCOC)cc(OCOC)cc3OCOC)cc(OCOC)c2O[C@H]1c1ccc(OCOC)c(OC)c1. The van der Waals surface area contributed by atoms with Gasteiger partial charge in [-0.3, -0.25) is 4.79 Å². The number of benzene rings is 3. The van der Waals surface area contributed by atoms with Crippen LogP contribution in [0.2, 0.25) is 0 Å². The number of hydrogen-bond acceptors (Lipinski definition) is 16. The Balaban J connectivity index is 1.50. The van der Waals surface area contributed by atoms with Crippen LogP contribution in [0.4, 0.5) is 0 Å². The third-order valence-corrected chi connectivity index (χ3v) is 8.17. The molecular formula is C37H46O16. The van der Waals surface area contributed by atoms with Crippen LogP contribution in [-0.4, -0.2) is 109 Å². The molecule has 5 rings (SSSR count). The van der Waals surface area contributed by atoms with Gasteiger partial charge in [0.25, 0.3) is 0 Å². The number of Topliss-reactive ketones (excluding diaryl/α,β-unsaturated/α-hetero) is 1. The summed E-state index contributed by atoms with van der Waals surface area (Å²) in [5.41, 5.74) is 2.39. The zero-order chi connectivity index (χ0) is 37.7. The molecule has 53 heavy (non-hydrogen) atoms. The van der Waals surface area contributed by atoms with Crippen molar-refractivity contribution < 1.29 is 75.8 Å². The van der Waals surface area contributed by atoms with Gasteiger partial charge in [0.05, 0.1) is 19.6 Å². The lowest BCUT2D eigenvalue weighted by molar-refractivity contribution is -0.0420. The molecule has 0 spiro atoms. The maximum Gasteiger partial charge on any atom is 0.202 e. The number of methoxy groups -OCH3 is 7. The van der Waals surface area contributed by atoms with Crippen molar-refractivity contribution in [3.63, 3.8) is 0 Å².